The van der Waals surface area contributed by atoms with Crippen molar-refractivity contribution in [2.24, 2.45) is 0 Å². The van der Waals surface area contributed by atoms with E-state index in [9.17, 15) is 22.0 Å². The number of hydrogen-bond acceptors (Lipinski definition) is 4. The van der Waals surface area contributed by atoms with Gasteiger partial charge in [0.1, 0.15) is 5.75 Å². The topological polar surface area (TPSA) is 75.7 Å². The zero-order valence-electron chi connectivity index (χ0n) is 15.0. The molecule has 1 amide bonds. The van der Waals surface area contributed by atoms with Crippen LogP contribution >= 0.6 is 0 Å². The summed E-state index contributed by atoms with van der Waals surface area (Å²) >= 11 is 0. The van der Waals surface area contributed by atoms with Crippen LogP contribution < -0.4 is 10.1 Å². The van der Waals surface area contributed by atoms with Crippen molar-refractivity contribution < 1.29 is 26.7 Å². The van der Waals surface area contributed by atoms with Crippen molar-refractivity contribution in [2.75, 3.05) is 12.4 Å². The van der Waals surface area contributed by atoms with Gasteiger partial charge in [0.05, 0.1) is 4.90 Å². The number of carbonyl (C=O) groups is 1. The van der Waals surface area contributed by atoms with E-state index in [0.717, 1.165) is 0 Å². The second kappa shape index (κ2) is 8.45. The van der Waals surface area contributed by atoms with Crippen LogP contribution in [0.2, 0.25) is 0 Å². The zero-order chi connectivity index (χ0) is 20.2. The van der Waals surface area contributed by atoms with E-state index < -0.39 is 22.5 Å². The molecule has 6 nitrogen and oxygen atoms in total. The predicted molar refractivity (Wildman–Crippen MR) is 97.6 cm³/mol. The van der Waals surface area contributed by atoms with Crippen LogP contribution in [0.4, 0.5) is 14.5 Å². The van der Waals surface area contributed by atoms with E-state index in [4.69, 9.17) is 0 Å². The van der Waals surface area contributed by atoms with Crippen LogP contribution in [0.1, 0.15) is 24.2 Å². The number of anilines is 1. The van der Waals surface area contributed by atoms with E-state index in [2.05, 4.69) is 10.1 Å². The van der Waals surface area contributed by atoms with Crippen LogP contribution in [0.3, 0.4) is 0 Å². The Kier molecular flexibility index (Phi) is 6.50. The fourth-order valence-corrected chi connectivity index (χ4v) is 3.54. The summed E-state index contributed by atoms with van der Waals surface area (Å²) < 4.78 is 54.9. The molecule has 9 heteroatoms. The number of rotatable bonds is 7. The highest BCUT2D eigenvalue weighted by atomic mass is 32.2. The number of halogens is 2. The Morgan fingerprint density at radius 1 is 1.11 bits per heavy atom. The summed E-state index contributed by atoms with van der Waals surface area (Å²) in [5.74, 6) is -0.666. The molecule has 0 saturated carbocycles. The third-order valence-corrected chi connectivity index (χ3v) is 5.89. The van der Waals surface area contributed by atoms with Crippen LogP contribution in [-0.2, 0) is 10.0 Å². The Morgan fingerprint density at radius 3 is 2.30 bits per heavy atom. The standard InChI is InChI=1S/C18H20F2N2O4S/c1-12(2)22(3)27(24,25)16-9-7-14(8-10-16)21-17(23)13-5-4-6-15(11-13)26-18(19)20/h4-12,18H,1-3H3,(H,21,23). The van der Waals surface area contributed by atoms with E-state index in [1.807, 2.05) is 0 Å². The number of benzene rings is 2. The van der Waals surface area contributed by atoms with Crippen molar-refractivity contribution >= 4 is 21.6 Å². The number of amides is 1. The van der Waals surface area contributed by atoms with Crippen LogP contribution in [0, 0.1) is 0 Å². The monoisotopic (exact) mass is 398 g/mol. The minimum Gasteiger partial charge on any atom is -0.435 e. The van der Waals surface area contributed by atoms with Gasteiger partial charge in [-0.05, 0) is 56.3 Å². The van der Waals surface area contributed by atoms with Gasteiger partial charge in [0.2, 0.25) is 10.0 Å². The first-order valence-electron chi connectivity index (χ1n) is 8.05. The number of carbonyl (C=O) groups excluding carboxylic acids is 1. The minimum atomic E-state index is -3.62. The van der Waals surface area contributed by atoms with Gasteiger partial charge in [0.15, 0.2) is 0 Å². The molecule has 146 valence electrons. The number of nitrogens with zero attached hydrogens (tertiary/aromatic N) is 1. The molecule has 0 fully saturated rings. The third-order valence-electron chi connectivity index (χ3n) is 3.84. The molecule has 2 aromatic carbocycles. The van der Waals surface area contributed by atoms with Crippen molar-refractivity contribution in [3.8, 4) is 5.75 Å². The van der Waals surface area contributed by atoms with Gasteiger partial charge < -0.3 is 10.1 Å². The SMILES string of the molecule is CC(C)N(C)S(=O)(=O)c1ccc(NC(=O)c2cccc(OC(F)F)c2)cc1. The Balaban J connectivity index is 2.14. The van der Waals surface area contributed by atoms with Crippen molar-refractivity contribution in [3.63, 3.8) is 0 Å². The molecule has 2 aromatic rings. The fourth-order valence-electron chi connectivity index (χ4n) is 2.17. The summed E-state index contributed by atoms with van der Waals surface area (Å²) in [4.78, 5) is 12.4. The minimum absolute atomic E-state index is 0.101. The summed E-state index contributed by atoms with van der Waals surface area (Å²) in [5.41, 5.74) is 0.496. The van der Waals surface area contributed by atoms with E-state index in [1.165, 1.54) is 59.9 Å². The second-order valence-electron chi connectivity index (χ2n) is 6.00. The molecule has 0 aliphatic rings. The lowest BCUT2D eigenvalue weighted by molar-refractivity contribution is -0.0498. The Hall–Kier alpha value is -2.52. The van der Waals surface area contributed by atoms with Crippen molar-refractivity contribution in [2.45, 2.75) is 31.4 Å². The lowest BCUT2D eigenvalue weighted by Crippen LogP contribution is -2.33. The average Bonchev–Trinajstić information content (AvgIpc) is 2.61. The maximum absolute atomic E-state index is 12.4. The largest absolute Gasteiger partial charge is 0.435 e. The molecule has 0 saturated heterocycles. The molecule has 0 spiro atoms. The number of ether oxygens (including phenoxy) is 1. The van der Waals surface area contributed by atoms with E-state index in [-0.39, 0.29) is 22.3 Å². The summed E-state index contributed by atoms with van der Waals surface area (Å²) in [6.07, 6.45) is 0. The van der Waals surface area contributed by atoms with Gasteiger partial charge in [-0.15, -0.1) is 0 Å². The normalized spacial score (nSPS) is 11.9. The van der Waals surface area contributed by atoms with Gasteiger partial charge in [-0.1, -0.05) is 6.07 Å². The van der Waals surface area contributed by atoms with Crippen LogP contribution in [0.5, 0.6) is 5.75 Å². The molecule has 27 heavy (non-hydrogen) atoms. The van der Waals surface area contributed by atoms with Crippen molar-refractivity contribution in [1.29, 1.82) is 0 Å². The van der Waals surface area contributed by atoms with Crippen molar-refractivity contribution in [1.82, 2.24) is 4.31 Å². The highest BCUT2D eigenvalue weighted by Gasteiger charge is 2.22. The van der Waals surface area contributed by atoms with Gasteiger partial charge in [0.25, 0.3) is 5.91 Å². The van der Waals surface area contributed by atoms with E-state index in [0.29, 0.717) is 5.69 Å². The van der Waals surface area contributed by atoms with E-state index >= 15 is 0 Å². The summed E-state index contributed by atoms with van der Waals surface area (Å²) in [5, 5.41) is 2.58. The molecular weight excluding hydrogens is 378 g/mol. The molecule has 0 atom stereocenters. The molecular formula is C18H20F2N2O4S. The van der Waals surface area contributed by atoms with Gasteiger partial charge in [0, 0.05) is 24.3 Å². The lowest BCUT2D eigenvalue weighted by Gasteiger charge is -2.21. The quantitative estimate of drug-likeness (QED) is 0.774. The summed E-state index contributed by atoms with van der Waals surface area (Å²) in [6.45, 7) is 0.539. The number of alkyl halides is 2. The lowest BCUT2D eigenvalue weighted by atomic mass is 10.2. The second-order valence-corrected chi connectivity index (χ2v) is 8.00. The maximum atomic E-state index is 12.4. The highest BCUT2D eigenvalue weighted by Crippen LogP contribution is 2.20. The maximum Gasteiger partial charge on any atom is 0.387 e. The molecule has 0 heterocycles. The summed E-state index contributed by atoms with van der Waals surface area (Å²) in [7, 11) is -2.13. The average molecular weight is 398 g/mol. The molecule has 2 rings (SSSR count). The molecule has 0 aromatic heterocycles. The molecule has 1 N–H and O–H groups in total. The number of hydrogen-bond donors (Lipinski definition) is 1. The first-order chi connectivity index (χ1) is 12.6. The molecule has 0 bridgehead atoms. The van der Waals surface area contributed by atoms with Gasteiger partial charge in [-0.25, -0.2) is 8.42 Å². The first kappa shape index (κ1) is 20.8. The zero-order valence-corrected chi connectivity index (χ0v) is 15.8. The van der Waals surface area contributed by atoms with Gasteiger partial charge in [-0.3, -0.25) is 4.79 Å². The third kappa shape index (κ3) is 5.24. The fraction of sp³-hybridized carbons (Fsp3) is 0.278. The number of sulfonamides is 1. The van der Waals surface area contributed by atoms with Gasteiger partial charge in [-0.2, -0.15) is 13.1 Å². The Bertz CT molecular complexity index is 900. The molecule has 0 aliphatic carbocycles. The van der Waals surface area contributed by atoms with Crippen molar-refractivity contribution in [3.05, 3.63) is 54.1 Å². The molecule has 0 radical (unpaired) electrons. The first-order valence-corrected chi connectivity index (χ1v) is 9.49. The molecule has 0 aliphatic heterocycles. The van der Waals surface area contributed by atoms with Crippen LogP contribution in [0.15, 0.2) is 53.4 Å². The van der Waals surface area contributed by atoms with Crippen LogP contribution in [0.25, 0.3) is 0 Å². The molecule has 0 unspecified atom stereocenters. The van der Waals surface area contributed by atoms with Gasteiger partial charge >= 0.3 is 6.61 Å². The van der Waals surface area contributed by atoms with E-state index in [1.54, 1.807) is 13.8 Å². The Labute approximate surface area is 156 Å². The summed E-state index contributed by atoms with van der Waals surface area (Å²) in [6, 6.07) is 10.9. The highest BCUT2D eigenvalue weighted by molar-refractivity contribution is 7.89. The number of nitrogens with one attached hydrogen (secondary N) is 1. The predicted octanol–water partition coefficient (Wildman–Crippen LogP) is 3.57. The smallest absolute Gasteiger partial charge is 0.387 e. The van der Waals surface area contributed by atoms with Crippen LogP contribution in [-0.4, -0.2) is 38.3 Å². The Morgan fingerprint density at radius 2 is 1.74 bits per heavy atom.